The third-order valence-electron chi connectivity index (χ3n) is 8.11. The molecule has 4 aromatic rings. The van der Waals surface area contributed by atoms with E-state index in [0.717, 1.165) is 52.1 Å². The van der Waals surface area contributed by atoms with E-state index in [9.17, 15) is 0 Å². The number of benzene rings is 4. The van der Waals surface area contributed by atoms with Crippen LogP contribution >= 0.6 is 0 Å². The number of rotatable bonds is 6. The lowest BCUT2D eigenvalue weighted by Gasteiger charge is -2.24. The van der Waals surface area contributed by atoms with Crippen LogP contribution in [0, 0.1) is 0 Å². The largest absolute Gasteiger partial charge is 0.378 e. The molecule has 4 aromatic carbocycles. The number of hydrogen-bond donors (Lipinski definition) is 0. The van der Waals surface area contributed by atoms with Crippen molar-refractivity contribution >= 4 is 21.5 Å². The molecule has 0 atom stereocenters. The van der Waals surface area contributed by atoms with Gasteiger partial charge in [0, 0.05) is 39.3 Å². The molecule has 0 radical (unpaired) electrons. The van der Waals surface area contributed by atoms with Crippen LogP contribution in [-0.2, 0) is 31.8 Å². The highest BCUT2D eigenvalue weighted by molar-refractivity contribution is 5.86. The molecule has 0 aromatic heterocycles. The van der Waals surface area contributed by atoms with Gasteiger partial charge in [0.25, 0.3) is 0 Å². The van der Waals surface area contributed by atoms with Crippen molar-refractivity contribution in [3.63, 3.8) is 0 Å². The lowest BCUT2D eigenvalue weighted by atomic mass is 10.0. The van der Waals surface area contributed by atoms with Gasteiger partial charge in [-0.05, 0) is 45.5 Å². The van der Waals surface area contributed by atoms with Crippen molar-refractivity contribution in [2.45, 2.75) is 12.8 Å². The predicted octanol–water partition coefficient (Wildman–Crippen LogP) is 5.46. The van der Waals surface area contributed by atoms with Gasteiger partial charge in [-0.2, -0.15) is 0 Å². The van der Waals surface area contributed by atoms with Crippen LogP contribution in [0.4, 0.5) is 0 Å². The van der Waals surface area contributed by atoms with Gasteiger partial charge in [0.05, 0.1) is 52.9 Å². The van der Waals surface area contributed by atoms with E-state index in [1.807, 2.05) is 0 Å². The molecule has 0 bridgehead atoms. The average molecular weight is 571 g/mol. The zero-order valence-corrected chi connectivity index (χ0v) is 24.9. The van der Waals surface area contributed by atoms with Crippen LogP contribution in [0.2, 0.25) is 0 Å². The maximum absolute atomic E-state index is 5.96. The summed E-state index contributed by atoms with van der Waals surface area (Å²) in [5.41, 5.74) is 2.78. The zero-order valence-electron chi connectivity index (χ0n) is 24.9. The van der Waals surface area contributed by atoms with Gasteiger partial charge >= 0.3 is 0 Å². The summed E-state index contributed by atoms with van der Waals surface area (Å²) in [5, 5.41) is 5.29. The molecule has 1 aliphatic heterocycles. The van der Waals surface area contributed by atoms with E-state index < -0.39 is 0 Å². The Labute approximate surface area is 251 Å². The van der Waals surface area contributed by atoms with Gasteiger partial charge in [-0.1, -0.05) is 84.9 Å². The summed E-state index contributed by atoms with van der Waals surface area (Å²) >= 11 is 0. The highest BCUT2D eigenvalue weighted by atomic mass is 16.5. The van der Waals surface area contributed by atoms with Crippen LogP contribution in [0.1, 0.15) is 11.1 Å². The monoisotopic (exact) mass is 570 g/mol. The lowest BCUT2D eigenvalue weighted by molar-refractivity contribution is 0.00836. The molecule has 1 heterocycles. The highest BCUT2D eigenvalue weighted by Crippen LogP contribution is 2.20. The Morgan fingerprint density at radius 3 is 1.17 bits per heavy atom. The Balaban J connectivity index is 1.07. The molecular weight excluding hydrogens is 524 g/mol. The van der Waals surface area contributed by atoms with E-state index in [1.165, 1.54) is 32.7 Å². The van der Waals surface area contributed by atoms with Crippen LogP contribution < -0.4 is 0 Å². The Kier molecular flexibility index (Phi) is 12.6. The van der Waals surface area contributed by atoms with Crippen LogP contribution in [0.3, 0.4) is 0 Å². The SMILES string of the molecule is c1ccc2c(CCN3CCOCCOCCN(CCc4cccc5ccccc45)CCOCCOCC3)cccc2c1. The topological polar surface area (TPSA) is 43.4 Å². The maximum atomic E-state index is 5.96. The summed E-state index contributed by atoms with van der Waals surface area (Å²) in [7, 11) is 0. The molecule has 0 aliphatic carbocycles. The highest BCUT2D eigenvalue weighted by Gasteiger charge is 2.10. The predicted molar refractivity (Wildman–Crippen MR) is 171 cm³/mol. The molecule has 5 rings (SSSR count). The maximum Gasteiger partial charge on any atom is 0.0701 e. The minimum absolute atomic E-state index is 0.618. The average Bonchev–Trinajstić information content (AvgIpc) is 3.03. The molecule has 0 spiro atoms. The third kappa shape index (κ3) is 9.60. The molecule has 42 heavy (non-hydrogen) atoms. The van der Waals surface area contributed by atoms with E-state index in [2.05, 4.69) is 94.7 Å². The first kappa shape index (κ1) is 30.6. The van der Waals surface area contributed by atoms with Crippen molar-refractivity contribution in [2.24, 2.45) is 0 Å². The summed E-state index contributed by atoms with van der Waals surface area (Å²) in [6.07, 6.45) is 2.01. The van der Waals surface area contributed by atoms with Crippen molar-refractivity contribution in [1.82, 2.24) is 9.80 Å². The molecule has 0 N–H and O–H groups in total. The van der Waals surface area contributed by atoms with Crippen LogP contribution in [-0.4, -0.2) is 102 Å². The first-order valence-corrected chi connectivity index (χ1v) is 15.6. The molecular formula is C36H46N2O4. The number of fused-ring (bicyclic) bond motifs is 2. The Morgan fingerprint density at radius 2 is 0.762 bits per heavy atom. The summed E-state index contributed by atoms with van der Waals surface area (Å²) < 4.78 is 23.9. The quantitative estimate of drug-likeness (QED) is 0.307. The zero-order chi connectivity index (χ0) is 28.7. The second-order valence-electron chi connectivity index (χ2n) is 10.9. The fraction of sp³-hybridized carbons (Fsp3) is 0.444. The summed E-state index contributed by atoms with van der Waals surface area (Å²) in [6, 6.07) is 30.5. The minimum Gasteiger partial charge on any atom is -0.378 e. The van der Waals surface area contributed by atoms with Crippen molar-refractivity contribution in [3.8, 4) is 0 Å². The summed E-state index contributed by atoms with van der Waals surface area (Å²) in [6.45, 7) is 10.7. The second-order valence-corrected chi connectivity index (χ2v) is 10.9. The molecule has 6 heteroatoms. The fourth-order valence-electron chi connectivity index (χ4n) is 5.67. The van der Waals surface area contributed by atoms with Gasteiger partial charge in [-0.25, -0.2) is 0 Å². The molecule has 1 saturated heterocycles. The molecule has 1 aliphatic rings. The van der Waals surface area contributed by atoms with Gasteiger partial charge in [-0.3, -0.25) is 9.80 Å². The van der Waals surface area contributed by atoms with Gasteiger partial charge in [0.1, 0.15) is 0 Å². The molecule has 0 saturated carbocycles. The van der Waals surface area contributed by atoms with Crippen molar-refractivity contribution in [2.75, 3.05) is 92.1 Å². The van der Waals surface area contributed by atoms with Gasteiger partial charge in [-0.15, -0.1) is 0 Å². The van der Waals surface area contributed by atoms with E-state index in [1.54, 1.807) is 0 Å². The summed E-state index contributed by atoms with van der Waals surface area (Å²) in [4.78, 5) is 4.89. The first-order valence-electron chi connectivity index (χ1n) is 15.6. The van der Waals surface area contributed by atoms with Gasteiger partial charge < -0.3 is 18.9 Å². The standard InChI is InChI=1S/C36H46N2O4/c1-3-13-35-31(7-1)9-5-11-33(35)15-17-37-19-23-39-27-29-41-25-21-38(22-26-42-30-28-40-24-20-37)18-16-34-12-6-10-32-8-2-4-14-36(32)34/h1-14H,15-30H2. The van der Waals surface area contributed by atoms with Crippen molar-refractivity contribution < 1.29 is 18.9 Å². The van der Waals surface area contributed by atoms with Crippen molar-refractivity contribution in [3.05, 3.63) is 96.1 Å². The lowest BCUT2D eigenvalue weighted by Crippen LogP contribution is -2.34. The molecule has 1 fully saturated rings. The smallest absolute Gasteiger partial charge is 0.0701 e. The Morgan fingerprint density at radius 1 is 0.405 bits per heavy atom. The van der Waals surface area contributed by atoms with Crippen molar-refractivity contribution in [1.29, 1.82) is 0 Å². The Hall–Kier alpha value is -2.84. The Bertz CT molecular complexity index is 1210. The van der Waals surface area contributed by atoms with Crippen LogP contribution in [0.25, 0.3) is 21.5 Å². The molecule has 0 amide bonds. The third-order valence-corrected chi connectivity index (χ3v) is 8.11. The molecule has 224 valence electrons. The van der Waals surface area contributed by atoms with E-state index >= 15 is 0 Å². The van der Waals surface area contributed by atoms with Crippen LogP contribution in [0.5, 0.6) is 0 Å². The van der Waals surface area contributed by atoms with Gasteiger partial charge in [0.15, 0.2) is 0 Å². The number of nitrogens with zero attached hydrogens (tertiary/aromatic N) is 2. The van der Waals surface area contributed by atoms with E-state index in [0.29, 0.717) is 52.9 Å². The van der Waals surface area contributed by atoms with E-state index in [4.69, 9.17) is 18.9 Å². The number of ether oxygens (including phenoxy) is 4. The minimum atomic E-state index is 0.618. The van der Waals surface area contributed by atoms with E-state index in [-0.39, 0.29) is 0 Å². The number of hydrogen-bond acceptors (Lipinski definition) is 6. The van der Waals surface area contributed by atoms with Gasteiger partial charge in [0.2, 0.25) is 0 Å². The first-order chi connectivity index (χ1) is 20.9. The van der Waals surface area contributed by atoms with Crippen LogP contribution in [0.15, 0.2) is 84.9 Å². The molecule has 0 unspecified atom stereocenters. The normalized spacial score (nSPS) is 18.1. The molecule has 6 nitrogen and oxygen atoms in total. The second kappa shape index (κ2) is 17.3. The fourth-order valence-corrected chi connectivity index (χ4v) is 5.67. The summed E-state index contributed by atoms with van der Waals surface area (Å²) in [5.74, 6) is 0.